The summed E-state index contributed by atoms with van der Waals surface area (Å²) in [7, 11) is 0. The Bertz CT molecular complexity index is 807. The molecule has 0 fully saturated rings. The van der Waals surface area contributed by atoms with Crippen molar-refractivity contribution in [1.82, 2.24) is 0 Å². The Morgan fingerprint density at radius 3 is 2.64 bits per heavy atom. The van der Waals surface area contributed by atoms with E-state index in [0.29, 0.717) is 22.0 Å². The highest BCUT2D eigenvalue weighted by Crippen LogP contribution is 2.28. The second kappa shape index (κ2) is 7.91. The van der Waals surface area contributed by atoms with Crippen LogP contribution in [0.15, 0.2) is 42.5 Å². The van der Waals surface area contributed by atoms with Gasteiger partial charge in [0.05, 0.1) is 16.7 Å². The van der Waals surface area contributed by atoms with Gasteiger partial charge in [-0.05, 0) is 56.7 Å². The number of rotatable bonds is 4. The average Bonchev–Trinajstić information content (AvgIpc) is 2.52. The summed E-state index contributed by atoms with van der Waals surface area (Å²) in [5.74, 6) is 0.485. The third kappa shape index (κ3) is 6.02. The zero-order valence-electron chi connectivity index (χ0n) is 14.3. The zero-order chi connectivity index (χ0) is 18.4. The predicted octanol–water partition coefficient (Wildman–Crippen LogP) is 5.14. The van der Waals surface area contributed by atoms with Gasteiger partial charge in [-0.15, -0.1) is 0 Å². The second-order valence-electron chi connectivity index (χ2n) is 6.37. The number of anilines is 1. The highest BCUT2D eigenvalue weighted by molar-refractivity contribution is 6.32. The number of hydrogen-bond donors (Lipinski definition) is 1. The van der Waals surface area contributed by atoms with Crippen LogP contribution < -0.4 is 10.1 Å². The number of nitriles is 1. The van der Waals surface area contributed by atoms with Gasteiger partial charge in [-0.3, -0.25) is 5.32 Å². The van der Waals surface area contributed by atoms with Gasteiger partial charge in [0.1, 0.15) is 18.0 Å². The molecule has 0 bridgehead atoms. The number of hydrogen-bond acceptors (Lipinski definition) is 4. The predicted molar refractivity (Wildman–Crippen MR) is 96.8 cm³/mol. The number of nitrogens with one attached hydrogen (secondary N) is 1. The van der Waals surface area contributed by atoms with Crippen molar-refractivity contribution in [1.29, 1.82) is 5.26 Å². The number of carbonyl (C=O) groups is 1. The zero-order valence-corrected chi connectivity index (χ0v) is 15.1. The minimum absolute atomic E-state index is 0.286. The Kier molecular flexibility index (Phi) is 5.89. The van der Waals surface area contributed by atoms with E-state index >= 15 is 0 Å². The van der Waals surface area contributed by atoms with E-state index in [2.05, 4.69) is 11.4 Å². The lowest BCUT2D eigenvalue weighted by atomic mass is 10.1. The molecular formula is C19H19ClN2O3. The number of halogens is 1. The minimum atomic E-state index is -0.575. The van der Waals surface area contributed by atoms with Crippen LogP contribution in [0.1, 0.15) is 31.9 Å². The Morgan fingerprint density at radius 1 is 1.24 bits per heavy atom. The van der Waals surface area contributed by atoms with Gasteiger partial charge in [-0.2, -0.15) is 5.26 Å². The van der Waals surface area contributed by atoms with Gasteiger partial charge >= 0.3 is 6.09 Å². The van der Waals surface area contributed by atoms with Crippen molar-refractivity contribution in [3.63, 3.8) is 0 Å². The maximum atomic E-state index is 11.8. The molecule has 0 aliphatic rings. The lowest BCUT2D eigenvalue weighted by Gasteiger charge is -2.19. The van der Waals surface area contributed by atoms with Crippen molar-refractivity contribution >= 4 is 23.4 Å². The van der Waals surface area contributed by atoms with Crippen LogP contribution >= 0.6 is 11.6 Å². The van der Waals surface area contributed by atoms with Gasteiger partial charge in [0, 0.05) is 5.69 Å². The third-order valence-corrected chi connectivity index (χ3v) is 3.32. The first kappa shape index (κ1) is 18.6. The maximum absolute atomic E-state index is 11.8. The average molecular weight is 359 g/mol. The molecule has 0 atom stereocenters. The smallest absolute Gasteiger partial charge is 0.412 e. The van der Waals surface area contributed by atoms with Crippen molar-refractivity contribution in [2.75, 3.05) is 5.32 Å². The Morgan fingerprint density at radius 2 is 2.00 bits per heavy atom. The van der Waals surface area contributed by atoms with E-state index in [1.54, 1.807) is 57.2 Å². The van der Waals surface area contributed by atoms with E-state index < -0.39 is 11.7 Å². The molecule has 6 heteroatoms. The minimum Gasteiger partial charge on any atom is -0.487 e. The Labute approximate surface area is 152 Å². The number of amides is 1. The first-order valence-corrected chi connectivity index (χ1v) is 8.06. The number of ether oxygens (including phenoxy) is 2. The Balaban J connectivity index is 1.99. The molecule has 0 unspecified atom stereocenters. The molecule has 2 rings (SSSR count). The molecule has 2 aromatic rings. The van der Waals surface area contributed by atoms with Gasteiger partial charge in [-0.1, -0.05) is 23.7 Å². The quantitative estimate of drug-likeness (QED) is 0.821. The second-order valence-corrected chi connectivity index (χ2v) is 6.78. The first-order valence-electron chi connectivity index (χ1n) is 7.68. The summed E-state index contributed by atoms with van der Waals surface area (Å²) in [4.78, 5) is 11.8. The fourth-order valence-corrected chi connectivity index (χ4v) is 2.24. The van der Waals surface area contributed by atoms with E-state index in [-0.39, 0.29) is 6.61 Å². The van der Waals surface area contributed by atoms with Gasteiger partial charge in [0.2, 0.25) is 0 Å². The van der Waals surface area contributed by atoms with Gasteiger partial charge in [0.15, 0.2) is 0 Å². The molecule has 0 saturated carbocycles. The van der Waals surface area contributed by atoms with Gasteiger partial charge < -0.3 is 9.47 Å². The van der Waals surface area contributed by atoms with Crippen molar-refractivity contribution in [3.05, 3.63) is 58.6 Å². The standard InChI is InChI=1S/C19H19ClN2O3/c1-19(2,3)25-18(23)22-15-7-8-17(16(20)10-15)24-12-14-6-4-5-13(9-14)11-21/h4-10H,12H2,1-3H3,(H,22,23). The van der Waals surface area contributed by atoms with Crippen LogP contribution in [0.25, 0.3) is 0 Å². The highest BCUT2D eigenvalue weighted by Gasteiger charge is 2.16. The normalized spacial score (nSPS) is 10.7. The van der Waals surface area contributed by atoms with Crippen molar-refractivity contribution in [2.24, 2.45) is 0 Å². The van der Waals surface area contributed by atoms with Crippen LogP contribution in [-0.2, 0) is 11.3 Å². The van der Waals surface area contributed by atoms with E-state index in [9.17, 15) is 4.79 Å². The summed E-state index contributed by atoms with van der Waals surface area (Å²) < 4.78 is 10.9. The lowest BCUT2D eigenvalue weighted by molar-refractivity contribution is 0.0636. The van der Waals surface area contributed by atoms with Gasteiger partial charge in [0.25, 0.3) is 0 Å². The lowest BCUT2D eigenvalue weighted by Crippen LogP contribution is -2.27. The van der Waals surface area contributed by atoms with E-state index in [1.807, 2.05) is 6.07 Å². The fraction of sp³-hybridized carbons (Fsp3) is 0.263. The summed E-state index contributed by atoms with van der Waals surface area (Å²) in [5, 5.41) is 11.9. The molecule has 0 aliphatic heterocycles. The summed E-state index contributed by atoms with van der Waals surface area (Å²) in [6.07, 6.45) is -0.550. The maximum Gasteiger partial charge on any atom is 0.412 e. The monoisotopic (exact) mass is 358 g/mol. The van der Waals surface area contributed by atoms with E-state index in [0.717, 1.165) is 5.56 Å². The van der Waals surface area contributed by atoms with E-state index in [4.69, 9.17) is 26.3 Å². The molecule has 0 aliphatic carbocycles. The largest absolute Gasteiger partial charge is 0.487 e. The SMILES string of the molecule is CC(C)(C)OC(=O)Nc1ccc(OCc2cccc(C#N)c2)c(Cl)c1. The van der Waals surface area contributed by atoms with Crippen LogP contribution in [0, 0.1) is 11.3 Å². The fourth-order valence-electron chi connectivity index (χ4n) is 2.01. The summed E-state index contributed by atoms with van der Waals surface area (Å²) >= 11 is 6.20. The van der Waals surface area contributed by atoms with Crippen LogP contribution in [-0.4, -0.2) is 11.7 Å². The molecule has 130 valence electrons. The first-order chi connectivity index (χ1) is 11.8. The molecule has 5 nitrogen and oxygen atoms in total. The van der Waals surface area contributed by atoms with E-state index in [1.165, 1.54) is 0 Å². The van der Waals surface area contributed by atoms with Crippen molar-refractivity contribution in [3.8, 4) is 11.8 Å². The van der Waals surface area contributed by atoms with Gasteiger partial charge in [-0.25, -0.2) is 4.79 Å². The van der Waals surface area contributed by atoms with Crippen LogP contribution in [0.4, 0.5) is 10.5 Å². The molecule has 0 aromatic heterocycles. The molecule has 1 N–H and O–H groups in total. The molecule has 2 aromatic carbocycles. The van der Waals surface area contributed by atoms with Crippen molar-refractivity contribution in [2.45, 2.75) is 33.0 Å². The molecule has 1 amide bonds. The molecule has 0 spiro atoms. The number of benzene rings is 2. The Hall–Kier alpha value is -2.71. The van der Waals surface area contributed by atoms with Crippen molar-refractivity contribution < 1.29 is 14.3 Å². The topological polar surface area (TPSA) is 71.3 Å². The van der Waals surface area contributed by atoms with Crippen LogP contribution in [0.3, 0.4) is 0 Å². The van der Waals surface area contributed by atoms with Crippen LogP contribution in [0.2, 0.25) is 5.02 Å². The number of nitrogens with zero attached hydrogens (tertiary/aromatic N) is 1. The highest BCUT2D eigenvalue weighted by atomic mass is 35.5. The molecule has 25 heavy (non-hydrogen) atoms. The summed E-state index contributed by atoms with van der Waals surface area (Å²) in [6, 6.07) is 14.2. The third-order valence-electron chi connectivity index (χ3n) is 3.03. The summed E-state index contributed by atoms with van der Waals surface area (Å²) in [5.41, 5.74) is 1.38. The molecule has 0 radical (unpaired) electrons. The molecule has 0 saturated heterocycles. The number of carbonyl (C=O) groups excluding carboxylic acids is 1. The van der Waals surface area contributed by atoms with Crippen LogP contribution in [0.5, 0.6) is 5.75 Å². The summed E-state index contributed by atoms with van der Waals surface area (Å²) in [6.45, 7) is 5.65. The molecular weight excluding hydrogens is 340 g/mol. The molecule has 0 heterocycles.